The van der Waals surface area contributed by atoms with Crippen LogP contribution in [0.2, 0.25) is 0 Å². The van der Waals surface area contributed by atoms with Crippen molar-refractivity contribution in [2.24, 2.45) is 0 Å². The number of piperidine rings is 1. The van der Waals surface area contributed by atoms with E-state index in [9.17, 15) is 0 Å². The minimum atomic E-state index is 0.433. The largest absolute Gasteiger partial charge is 0.379 e. The van der Waals surface area contributed by atoms with Crippen molar-refractivity contribution in [1.82, 2.24) is 10.2 Å². The van der Waals surface area contributed by atoms with E-state index in [0.717, 1.165) is 26.3 Å². The molecule has 3 heteroatoms. The van der Waals surface area contributed by atoms with E-state index in [1.54, 1.807) is 0 Å². The van der Waals surface area contributed by atoms with Crippen molar-refractivity contribution in [2.75, 3.05) is 39.4 Å². The second-order valence-electron chi connectivity index (χ2n) is 4.46. The van der Waals surface area contributed by atoms with Gasteiger partial charge in [-0.15, -0.1) is 0 Å². The zero-order valence-electron chi connectivity index (χ0n) is 9.22. The Hall–Kier alpha value is -0.120. The topological polar surface area (TPSA) is 24.5 Å². The van der Waals surface area contributed by atoms with Crippen molar-refractivity contribution in [2.45, 2.75) is 31.7 Å². The maximum atomic E-state index is 5.42. The SMILES string of the molecule is CCC1(N2CCOCC2)CCCNC1. The Balaban J connectivity index is 2.01. The maximum Gasteiger partial charge on any atom is 0.0594 e. The van der Waals surface area contributed by atoms with Crippen molar-refractivity contribution < 1.29 is 4.74 Å². The second-order valence-corrected chi connectivity index (χ2v) is 4.46. The fourth-order valence-electron chi connectivity index (χ4n) is 2.78. The molecule has 0 amide bonds. The molecule has 14 heavy (non-hydrogen) atoms. The van der Waals surface area contributed by atoms with Crippen molar-refractivity contribution in [3.8, 4) is 0 Å². The molecule has 1 unspecified atom stereocenters. The Kier molecular flexibility index (Phi) is 3.42. The highest BCUT2D eigenvalue weighted by Gasteiger charge is 2.36. The highest BCUT2D eigenvalue weighted by atomic mass is 16.5. The zero-order valence-corrected chi connectivity index (χ0v) is 9.22. The summed E-state index contributed by atoms with van der Waals surface area (Å²) in [7, 11) is 0. The first-order chi connectivity index (χ1) is 6.87. The summed E-state index contributed by atoms with van der Waals surface area (Å²) in [5.74, 6) is 0. The fourth-order valence-corrected chi connectivity index (χ4v) is 2.78. The Labute approximate surface area is 86.8 Å². The van der Waals surface area contributed by atoms with Gasteiger partial charge in [-0.25, -0.2) is 0 Å². The molecule has 0 bridgehead atoms. The fraction of sp³-hybridized carbons (Fsp3) is 1.00. The van der Waals surface area contributed by atoms with Crippen LogP contribution in [-0.4, -0.2) is 49.8 Å². The lowest BCUT2D eigenvalue weighted by molar-refractivity contribution is -0.0334. The van der Waals surface area contributed by atoms with Crippen LogP contribution in [0.3, 0.4) is 0 Å². The van der Waals surface area contributed by atoms with Crippen LogP contribution in [-0.2, 0) is 4.74 Å². The Morgan fingerprint density at radius 3 is 2.71 bits per heavy atom. The molecule has 2 saturated heterocycles. The number of morpholine rings is 1. The lowest BCUT2D eigenvalue weighted by Gasteiger charge is -2.47. The lowest BCUT2D eigenvalue weighted by Crippen LogP contribution is -2.60. The van der Waals surface area contributed by atoms with E-state index in [4.69, 9.17) is 4.74 Å². The molecule has 0 aromatic heterocycles. The van der Waals surface area contributed by atoms with Gasteiger partial charge in [0, 0.05) is 25.2 Å². The molecule has 1 N–H and O–H groups in total. The predicted octanol–water partition coefficient (Wildman–Crippen LogP) is 0.851. The molecule has 82 valence electrons. The monoisotopic (exact) mass is 198 g/mol. The van der Waals surface area contributed by atoms with Gasteiger partial charge in [0.25, 0.3) is 0 Å². The highest BCUT2D eigenvalue weighted by molar-refractivity contribution is 4.95. The third kappa shape index (κ3) is 1.95. The molecule has 1 atom stereocenters. The number of nitrogens with one attached hydrogen (secondary N) is 1. The van der Waals surface area contributed by atoms with E-state index in [2.05, 4.69) is 17.1 Å². The molecule has 0 aromatic carbocycles. The van der Waals surface area contributed by atoms with Gasteiger partial charge in [-0.1, -0.05) is 6.92 Å². The molecule has 0 saturated carbocycles. The summed E-state index contributed by atoms with van der Waals surface area (Å²) in [6.07, 6.45) is 3.95. The molecule has 2 aliphatic heterocycles. The van der Waals surface area contributed by atoms with E-state index >= 15 is 0 Å². The van der Waals surface area contributed by atoms with Crippen LogP contribution in [0.15, 0.2) is 0 Å². The van der Waals surface area contributed by atoms with Gasteiger partial charge in [0.2, 0.25) is 0 Å². The molecule has 0 aliphatic carbocycles. The van der Waals surface area contributed by atoms with E-state index in [0.29, 0.717) is 5.54 Å². The predicted molar refractivity (Wildman–Crippen MR) is 57.5 cm³/mol. The van der Waals surface area contributed by atoms with Crippen molar-refractivity contribution in [1.29, 1.82) is 0 Å². The Bertz CT molecular complexity index is 172. The van der Waals surface area contributed by atoms with Gasteiger partial charge in [-0.3, -0.25) is 4.90 Å². The van der Waals surface area contributed by atoms with Crippen LogP contribution in [0.1, 0.15) is 26.2 Å². The summed E-state index contributed by atoms with van der Waals surface area (Å²) in [5.41, 5.74) is 0.433. The first kappa shape index (κ1) is 10.4. The van der Waals surface area contributed by atoms with E-state index in [-0.39, 0.29) is 0 Å². The van der Waals surface area contributed by atoms with Crippen LogP contribution < -0.4 is 5.32 Å². The number of nitrogens with zero attached hydrogens (tertiary/aromatic N) is 1. The molecule has 3 nitrogen and oxygen atoms in total. The first-order valence-corrected chi connectivity index (χ1v) is 5.91. The Morgan fingerprint density at radius 1 is 1.36 bits per heavy atom. The molecule has 2 aliphatic rings. The first-order valence-electron chi connectivity index (χ1n) is 5.91. The Morgan fingerprint density at radius 2 is 2.14 bits per heavy atom. The smallest absolute Gasteiger partial charge is 0.0594 e. The lowest BCUT2D eigenvalue weighted by atomic mass is 9.85. The summed E-state index contributed by atoms with van der Waals surface area (Å²) in [6.45, 7) is 8.77. The quantitative estimate of drug-likeness (QED) is 0.712. The molecule has 0 spiro atoms. The summed E-state index contributed by atoms with van der Waals surface area (Å²) < 4.78 is 5.42. The number of hydrogen-bond donors (Lipinski definition) is 1. The van der Waals surface area contributed by atoms with Crippen LogP contribution in [0.5, 0.6) is 0 Å². The molecular weight excluding hydrogens is 176 g/mol. The van der Waals surface area contributed by atoms with Crippen molar-refractivity contribution in [3.63, 3.8) is 0 Å². The molecule has 0 radical (unpaired) electrons. The number of rotatable bonds is 2. The van der Waals surface area contributed by atoms with Crippen molar-refractivity contribution >= 4 is 0 Å². The minimum absolute atomic E-state index is 0.433. The molecule has 2 fully saturated rings. The summed E-state index contributed by atoms with van der Waals surface area (Å²) in [6, 6.07) is 0. The zero-order chi connectivity index (χ0) is 9.86. The van der Waals surface area contributed by atoms with E-state index < -0.39 is 0 Å². The van der Waals surface area contributed by atoms with Crippen LogP contribution in [0, 0.1) is 0 Å². The average molecular weight is 198 g/mol. The van der Waals surface area contributed by atoms with Crippen molar-refractivity contribution in [3.05, 3.63) is 0 Å². The molecular formula is C11H22N2O. The van der Waals surface area contributed by atoms with Gasteiger partial charge in [0.15, 0.2) is 0 Å². The van der Waals surface area contributed by atoms with Crippen LogP contribution in [0.25, 0.3) is 0 Å². The standard InChI is InChI=1S/C11H22N2O/c1-2-11(4-3-5-12-10-11)13-6-8-14-9-7-13/h12H,2-10H2,1H3. The summed E-state index contributed by atoms with van der Waals surface area (Å²) in [5, 5.41) is 3.54. The van der Waals surface area contributed by atoms with Crippen LogP contribution >= 0.6 is 0 Å². The third-order valence-electron chi connectivity index (χ3n) is 3.79. The minimum Gasteiger partial charge on any atom is -0.379 e. The summed E-state index contributed by atoms with van der Waals surface area (Å²) >= 11 is 0. The van der Waals surface area contributed by atoms with Gasteiger partial charge in [-0.2, -0.15) is 0 Å². The van der Waals surface area contributed by atoms with Gasteiger partial charge in [0.05, 0.1) is 13.2 Å². The van der Waals surface area contributed by atoms with E-state index in [1.807, 2.05) is 0 Å². The summed E-state index contributed by atoms with van der Waals surface area (Å²) in [4.78, 5) is 2.64. The number of hydrogen-bond acceptors (Lipinski definition) is 3. The van der Waals surface area contributed by atoms with Crippen LogP contribution in [0.4, 0.5) is 0 Å². The molecule has 0 aromatic rings. The molecule has 2 heterocycles. The normalized spacial score (nSPS) is 35.8. The number of ether oxygens (including phenoxy) is 1. The van der Waals surface area contributed by atoms with E-state index in [1.165, 1.54) is 32.4 Å². The van der Waals surface area contributed by atoms with Gasteiger partial charge >= 0.3 is 0 Å². The average Bonchev–Trinajstić information content (AvgIpc) is 2.31. The molecule has 2 rings (SSSR count). The third-order valence-corrected chi connectivity index (χ3v) is 3.79. The van der Waals surface area contributed by atoms with Gasteiger partial charge in [-0.05, 0) is 25.8 Å². The highest BCUT2D eigenvalue weighted by Crippen LogP contribution is 2.28. The van der Waals surface area contributed by atoms with Gasteiger partial charge in [0.1, 0.15) is 0 Å². The van der Waals surface area contributed by atoms with Gasteiger partial charge < -0.3 is 10.1 Å². The maximum absolute atomic E-state index is 5.42. The second kappa shape index (κ2) is 4.60.